The number of hydrazine groups is 1. The van der Waals surface area contributed by atoms with Crippen LogP contribution in [0.2, 0.25) is 0 Å². The fourth-order valence-corrected chi connectivity index (χ4v) is 8.77. The summed E-state index contributed by atoms with van der Waals surface area (Å²) in [7, 11) is 1.89. The second kappa shape index (κ2) is 16.7. The number of piperidine rings is 1. The van der Waals surface area contributed by atoms with Crippen molar-refractivity contribution < 1.29 is 18.7 Å². The van der Waals surface area contributed by atoms with Crippen LogP contribution in [-0.2, 0) is 16.6 Å². The SMILES string of the molecule is CC(C)OC1=C(/C(C=N)=C/N)N=CN2NC(Nc3ccc(Sc4cccc(C(C)N5CCC(c6ccc7c(N8CCC(=O)NC8=O)nn(C)c7c6)CC5)c4)cc3F)N=C12. The fourth-order valence-electron chi connectivity index (χ4n) is 7.86. The molecule has 1 aromatic heterocycles. The lowest BCUT2D eigenvalue weighted by atomic mass is 9.88. The number of nitrogens with zero attached hydrogens (tertiary/aromatic N) is 7. The van der Waals surface area contributed by atoms with Crippen molar-refractivity contribution in [2.45, 2.75) is 74.2 Å². The third kappa shape index (κ3) is 8.17. The highest BCUT2D eigenvalue weighted by Gasteiger charge is 2.34. The molecule has 4 aromatic rings. The van der Waals surface area contributed by atoms with Gasteiger partial charge in [0.2, 0.25) is 5.91 Å². The molecule has 3 amide bonds. The number of amides is 3. The van der Waals surface area contributed by atoms with E-state index in [9.17, 15) is 9.59 Å². The van der Waals surface area contributed by atoms with Crippen molar-refractivity contribution in [1.82, 2.24) is 30.4 Å². The van der Waals surface area contributed by atoms with E-state index in [1.165, 1.54) is 41.5 Å². The Morgan fingerprint density at radius 2 is 1.86 bits per heavy atom. The summed E-state index contributed by atoms with van der Waals surface area (Å²) in [6.45, 7) is 8.22. The molecule has 8 rings (SSSR count). The van der Waals surface area contributed by atoms with Gasteiger partial charge in [-0.2, -0.15) is 10.5 Å². The number of nitrogens with one attached hydrogen (secondary N) is 4. The van der Waals surface area contributed by atoms with Crippen molar-refractivity contribution in [2.24, 2.45) is 22.8 Å². The Kier molecular flexibility index (Phi) is 11.2. The number of nitrogens with two attached hydrogens (primary N) is 1. The average Bonchev–Trinajstić information content (AvgIpc) is 3.79. The number of likely N-dealkylation sites (tertiary alicyclic amines) is 1. The van der Waals surface area contributed by atoms with Gasteiger partial charge < -0.3 is 21.2 Å². The first-order valence-corrected chi connectivity index (χ1v) is 20.5. The van der Waals surface area contributed by atoms with Gasteiger partial charge in [0.1, 0.15) is 17.9 Å². The summed E-state index contributed by atoms with van der Waals surface area (Å²) in [5.74, 6) is 1.11. The van der Waals surface area contributed by atoms with Crippen LogP contribution in [-0.4, -0.2) is 82.0 Å². The standard InChI is InChI=1S/C42H47FN12O3S/c1-24(2)58-38-37(29(21-44)22-45)46-23-55-40(38)49-41(51-55)47-34-11-9-31(20-33(34)43)59-30-7-5-6-27(18-30)25(3)53-15-12-26(13-16-53)28-8-10-32-35(19-28)52(4)50-39(32)54-17-14-36(56)48-42(54)57/h5-11,18-26,41,44,47,51H,12-17,45H2,1-4H3,(H,48,56,57)/b29-22+,44-21?. The number of allylic oxidation sites excluding steroid dienone is 1. The molecule has 6 N–H and O–H groups in total. The van der Waals surface area contributed by atoms with E-state index in [0.29, 0.717) is 41.1 Å². The second-order valence-electron chi connectivity index (χ2n) is 15.1. The summed E-state index contributed by atoms with van der Waals surface area (Å²) in [5.41, 5.74) is 13.4. The van der Waals surface area contributed by atoms with Crippen molar-refractivity contribution in [2.75, 3.05) is 29.9 Å². The number of carbonyl (C=O) groups is 2. The van der Waals surface area contributed by atoms with E-state index in [4.69, 9.17) is 20.9 Å². The minimum absolute atomic E-state index is 0.190. The summed E-state index contributed by atoms with van der Waals surface area (Å²) in [6.07, 6.45) is 5.32. The maximum absolute atomic E-state index is 15.6. The number of amidine groups is 1. The first-order chi connectivity index (χ1) is 28.5. The van der Waals surface area contributed by atoms with Crippen LogP contribution in [0.3, 0.4) is 0 Å². The number of fused-ring (bicyclic) bond motifs is 2. The number of urea groups is 1. The molecule has 4 aliphatic rings. The molecular weight excluding hydrogens is 772 g/mol. The number of hydrogen-bond acceptors (Lipinski definition) is 13. The minimum atomic E-state index is -0.703. The van der Waals surface area contributed by atoms with Crippen LogP contribution in [0.1, 0.15) is 63.1 Å². The highest BCUT2D eigenvalue weighted by molar-refractivity contribution is 7.99. The number of ether oxygens (including phenoxy) is 1. The van der Waals surface area contributed by atoms with Gasteiger partial charge in [-0.25, -0.2) is 24.2 Å². The number of halogens is 1. The number of aryl methyl sites for hydroxylation is 1. The normalized spacial score (nSPS) is 19.7. The predicted octanol–water partition coefficient (Wildman–Crippen LogP) is 6.34. The number of anilines is 2. The molecule has 0 spiro atoms. The van der Waals surface area contributed by atoms with Gasteiger partial charge in [-0.05, 0) is 106 Å². The maximum Gasteiger partial charge on any atom is 0.329 e. The molecule has 2 fully saturated rings. The van der Waals surface area contributed by atoms with E-state index in [1.54, 1.807) is 16.0 Å². The monoisotopic (exact) mass is 818 g/mol. The Hall–Kier alpha value is -6.04. The zero-order valence-corrected chi connectivity index (χ0v) is 34.1. The minimum Gasteiger partial charge on any atom is -0.485 e. The van der Waals surface area contributed by atoms with Crippen molar-refractivity contribution in [1.29, 1.82) is 5.41 Å². The van der Waals surface area contributed by atoms with E-state index < -0.39 is 18.1 Å². The largest absolute Gasteiger partial charge is 0.485 e. The smallest absolute Gasteiger partial charge is 0.329 e. The van der Waals surface area contributed by atoms with Gasteiger partial charge in [0.15, 0.2) is 23.7 Å². The molecule has 306 valence electrons. The average molecular weight is 819 g/mol. The lowest BCUT2D eigenvalue weighted by molar-refractivity contribution is -0.120. The van der Waals surface area contributed by atoms with Crippen molar-refractivity contribution in [3.8, 4) is 0 Å². The summed E-state index contributed by atoms with van der Waals surface area (Å²) < 4.78 is 23.4. The summed E-state index contributed by atoms with van der Waals surface area (Å²) in [5, 5.41) is 20.4. The van der Waals surface area contributed by atoms with Crippen LogP contribution in [0.5, 0.6) is 0 Å². The van der Waals surface area contributed by atoms with E-state index in [2.05, 4.69) is 74.4 Å². The maximum atomic E-state index is 15.6. The molecule has 0 saturated carbocycles. The number of imide groups is 1. The van der Waals surface area contributed by atoms with Gasteiger partial charge in [0, 0.05) is 59.2 Å². The van der Waals surface area contributed by atoms with Gasteiger partial charge in [-0.15, -0.1) is 0 Å². The number of benzene rings is 3. The van der Waals surface area contributed by atoms with E-state index in [0.717, 1.165) is 52.8 Å². The fraction of sp³-hybridized carbons (Fsp3) is 0.333. The van der Waals surface area contributed by atoms with Crippen molar-refractivity contribution in [3.63, 3.8) is 0 Å². The van der Waals surface area contributed by atoms with Gasteiger partial charge in [-0.3, -0.25) is 24.6 Å². The highest BCUT2D eigenvalue weighted by Crippen LogP contribution is 2.37. The summed E-state index contributed by atoms with van der Waals surface area (Å²) >= 11 is 1.51. The number of carbonyl (C=O) groups excluding carboxylic acids is 2. The first-order valence-electron chi connectivity index (χ1n) is 19.7. The van der Waals surface area contributed by atoms with Crippen LogP contribution >= 0.6 is 11.8 Å². The molecule has 0 bridgehead atoms. The molecular formula is C42H47FN12O3S. The second-order valence-corrected chi connectivity index (χ2v) is 16.3. The lowest BCUT2D eigenvalue weighted by Crippen LogP contribution is -2.49. The Morgan fingerprint density at radius 3 is 2.59 bits per heavy atom. The molecule has 0 radical (unpaired) electrons. The van der Waals surface area contributed by atoms with E-state index >= 15 is 4.39 Å². The van der Waals surface area contributed by atoms with Crippen molar-refractivity contribution >= 4 is 64.5 Å². The zero-order chi connectivity index (χ0) is 41.4. The first kappa shape index (κ1) is 39.8. The molecule has 15 nitrogen and oxygen atoms in total. The molecule has 2 unspecified atom stereocenters. The third-order valence-electron chi connectivity index (χ3n) is 10.9. The van der Waals surface area contributed by atoms with Crippen LogP contribution in [0.25, 0.3) is 10.9 Å². The Bertz CT molecular complexity index is 2440. The van der Waals surface area contributed by atoms with Gasteiger partial charge in [-0.1, -0.05) is 30.0 Å². The number of rotatable bonds is 12. The Labute approximate surface area is 345 Å². The van der Waals surface area contributed by atoms with Crippen LogP contribution in [0.15, 0.2) is 104 Å². The number of hydrogen-bond donors (Lipinski definition) is 5. The number of aliphatic imine (C=N–C) groups is 2. The summed E-state index contributed by atoms with van der Waals surface area (Å²) in [4.78, 5) is 39.2. The third-order valence-corrected chi connectivity index (χ3v) is 11.9. The molecule has 59 heavy (non-hydrogen) atoms. The molecule has 3 aromatic carbocycles. The van der Waals surface area contributed by atoms with Crippen LogP contribution in [0.4, 0.5) is 20.7 Å². The highest BCUT2D eigenvalue weighted by atomic mass is 32.2. The molecule has 2 saturated heterocycles. The van der Waals surface area contributed by atoms with Crippen LogP contribution < -0.4 is 26.7 Å². The van der Waals surface area contributed by atoms with Crippen molar-refractivity contribution in [3.05, 3.63) is 101 Å². The molecule has 17 heteroatoms. The molecule has 2 atom stereocenters. The topological polar surface area (TPSA) is 182 Å². The molecule has 0 aliphatic carbocycles. The molecule has 4 aliphatic heterocycles. The Morgan fingerprint density at radius 1 is 1.07 bits per heavy atom. The number of aromatic nitrogens is 2. The lowest BCUT2D eigenvalue weighted by Gasteiger charge is -2.36. The van der Waals surface area contributed by atoms with E-state index in [-0.39, 0.29) is 30.2 Å². The summed E-state index contributed by atoms with van der Waals surface area (Å²) in [6, 6.07) is 19.7. The Balaban J connectivity index is 0.886. The van der Waals surface area contributed by atoms with Crippen LogP contribution in [0, 0.1) is 11.2 Å². The van der Waals surface area contributed by atoms with E-state index in [1.807, 2.05) is 37.7 Å². The molecule has 5 heterocycles. The van der Waals surface area contributed by atoms with Gasteiger partial charge >= 0.3 is 6.03 Å². The zero-order valence-electron chi connectivity index (χ0n) is 33.3. The predicted molar refractivity (Wildman–Crippen MR) is 228 cm³/mol. The quantitative estimate of drug-likeness (QED) is 0.101. The van der Waals surface area contributed by atoms with Gasteiger partial charge in [0.25, 0.3) is 0 Å². The van der Waals surface area contributed by atoms with Gasteiger partial charge in [0.05, 0.1) is 17.3 Å².